The summed E-state index contributed by atoms with van der Waals surface area (Å²) in [4.78, 5) is 13.0. The number of nitrogens with zero attached hydrogens (tertiary/aromatic N) is 2. The fourth-order valence-electron chi connectivity index (χ4n) is 2.47. The van der Waals surface area contributed by atoms with E-state index in [1.807, 2.05) is 6.07 Å². The lowest BCUT2D eigenvalue weighted by atomic mass is 10.1. The minimum atomic E-state index is -2.51. The Bertz CT molecular complexity index is 958. The molecule has 0 aliphatic carbocycles. The van der Waals surface area contributed by atoms with Crippen LogP contribution in [0, 0.1) is 18.3 Å². The summed E-state index contributed by atoms with van der Waals surface area (Å²) >= 11 is 0.426. The fraction of sp³-hybridized carbons (Fsp3) is 0.111. The number of carbonyl (C=O) groups is 1. The molecule has 0 spiro atoms. The zero-order valence-corrected chi connectivity index (χ0v) is 14.4. The smallest absolute Gasteiger partial charge is 0.288 e. The van der Waals surface area contributed by atoms with E-state index in [9.17, 15) is 18.8 Å². The molecule has 0 atom stereocenters. The number of nitriles is 1. The van der Waals surface area contributed by atoms with E-state index in [4.69, 9.17) is 4.42 Å². The van der Waals surface area contributed by atoms with Gasteiger partial charge in [0.2, 0.25) is 5.88 Å². The van der Waals surface area contributed by atoms with E-state index in [0.717, 1.165) is 0 Å². The molecular weight excluding hydrogens is 360 g/mol. The second kappa shape index (κ2) is 7.45. The minimum Gasteiger partial charge on any atom is -0.443 e. The molecule has 26 heavy (non-hydrogen) atoms. The van der Waals surface area contributed by atoms with Crippen molar-refractivity contribution in [2.75, 3.05) is 5.32 Å². The van der Waals surface area contributed by atoms with E-state index >= 15 is 0 Å². The summed E-state index contributed by atoms with van der Waals surface area (Å²) in [6.07, 6.45) is 3.42. The van der Waals surface area contributed by atoms with Crippen molar-refractivity contribution in [3.63, 3.8) is 0 Å². The molecule has 2 aromatic heterocycles. The molecule has 0 saturated heterocycles. The first kappa shape index (κ1) is 17.8. The van der Waals surface area contributed by atoms with Gasteiger partial charge >= 0.3 is 0 Å². The number of furan rings is 1. The molecule has 0 unspecified atom stereocenters. The van der Waals surface area contributed by atoms with Crippen LogP contribution >= 0.6 is 11.8 Å². The molecule has 0 fully saturated rings. The van der Waals surface area contributed by atoms with Gasteiger partial charge in [0.25, 0.3) is 11.7 Å². The van der Waals surface area contributed by atoms with Gasteiger partial charge in [-0.3, -0.25) is 9.36 Å². The van der Waals surface area contributed by atoms with Crippen molar-refractivity contribution < 1.29 is 18.0 Å². The van der Waals surface area contributed by atoms with Crippen molar-refractivity contribution in [2.24, 2.45) is 0 Å². The van der Waals surface area contributed by atoms with Gasteiger partial charge in [0.05, 0.1) is 0 Å². The van der Waals surface area contributed by atoms with Crippen molar-refractivity contribution in [3.05, 3.63) is 65.7 Å². The largest absolute Gasteiger partial charge is 0.443 e. The van der Waals surface area contributed by atoms with Crippen molar-refractivity contribution in [3.8, 4) is 12.0 Å². The number of rotatable bonds is 5. The first-order valence-corrected chi connectivity index (χ1v) is 8.40. The molecule has 8 heteroatoms. The van der Waals surface area contributed by atoms with Gasteiger partial charge < -0.3 is 9.73 Å². The summed E-state index contributed by atoms with van der Waals surface area (Å²) in [5.74, 6) is -2.43. The van der Waals surface area contributed by atoms with Crippen LogP contribution in [0.5, 0.6) is 0 Å². The number of halogens is 2. The Kier molecular flexibility index (Phi) is 5.09. The lowest BCUT2D eigenvalue weighted by Gasteiger charge is -2.06. The predicted octanol–water partition coefficient (Wildman–Crippen LogP) is 4.82. The molecule has 3 rings (SSSR count). The third-order valence-corrected chi connectivity index (χ3v) is 4.30. The van der Waals surface area contributed by atoms with Crippen LogP contribution in [-0.4, -0.2) is 16.2 Å². The zero-order chi connectivity index (χ0) is 18.7. The van der Waals surface area contributed by atoms with Crippen LogP contribution in [0.2, 0.25) is 0 Å². The molecule has 0 radical (unpaired) electrons. The quantitative estimate of drug-likeness (QED) is 0.651. The molecular formula is C18H13F2N3O2S. The van der Waals surface area contributed by atoms with Crippen LogP contribution < -0.4 is 5.32 Å². The molecule has 0 aliphatic heterocycles. The number of thioether (sulfide) groups is 1. The normalized spacial score (nSPS) is 10.7. The van der Waals surface area contributed by atoms with Gasteiger partial charge in [-0.05, 0) is 43.3 Å². The predicted molar refractivity (Wildman–Crippen MR) is 93.7 cm³/mol. The summed E-state index contributed by atoms with van der Waals surface area (Å²) < 4.78 is 31.9. The van der Waals surface area contributed by atoms with Gasteiger partial charge in [-0.25, -0.2) is 0 Å². The van der Waals surface area contributed by atoms with Crippen molar-refractivity contribution in [1.82, 2.24) is 4.57 Å². The second-order valence-electron chi connectivity index (χ2n) is 5.27. The number of benzene rings is 1. The zero-order valence-electron chi connectivity index (χ0n) is 13.6. The highest BCUT2D eigenvalue weighted by molar-refractivity contribution is 7.99. The number of aromatic nitrogens is 1. The van der Waals surface area contributed by atoms with E-state index in [1.165, 1.54) is 24.3 Å². The minimum absolute atomic E-state index is 0.126. The van der Waals surface area contributed by atoms with E-state index in [0.29, 0.717) is 28.1 Å². The van der Waals surface area contributed by atoms with Gasteiger partial charge in [-0.1, -0.05) is 11.8 Å². The standard InChI is InChI=1S/C18H13F2N3O2S/c1-11-15(14(10-21)17(25-11)23-8-2-3-9-23)16(24)22-12-4-6-13(7-5-12)26-18(19)20/h2-9,18H,1H3,(H,22,24). The monoisotopic (exact) mass is 373 g/mol. The highest BCUT2D eigenvalue weighted by Gasteiger charge is 2.24. The van der Waals surface area contributed by atoms with E-state index in [1.54, 1.807) is 36.0 Å². The Morgan fingerprint density at radius 2 is 1.92 bits per heavy atom. The molecule has 0 bridgehead atoms. The van der Waals surface area contributed by atoms with Gasteiger partial charge in [0.15, 0.2) is 0 Å². The Labute approximate surface area is 152 Å². The first-order valence-electron chi connectivity index (χ1n) is 7.52. The molecule has 3 aromatic rings. The van der Waals surface area contributed by atoms with Gasteiger partial charge in [0.1, 0.15) is 23.0 Å². The number of anilines is 1. The molecule has 1 N–H and O–H groups in total. The summed E-state index contributed by atoms with van der Waals surface area (Å²) in [5, 5.41) is 12.1. The Morgan fingerprint density at radius 3 is 2.50 bits per heavy atom. The highest BCUT2D eigenvalue weighted by Crippen LogP contribution is 2.28. The first-order chi connectivity index (χ1) is 12.5. The Hall–Kier alpha value is -3.05. The van der Waals surface area contributed by atoms with E-state index in [2.05, 4.69) is 5.32 Å². The van der Waals surface area contributed by atoms with Crippen LogP contribution in [0.1, 0.15) is 21.7 Å². The van der Waals surface area contributed by atoms with Crippen molar-refractivity contribution in [1.29, 1.82) is 5.26 Å². The van der Waals surface area contributed by atoms with Crippen LogP contribution in [0.25, 0.3) is 5.88 Å². The summed E-state index contributed by atoms with van der Waals surface area (Å²) in [5.41, 5.74) is 0.698. The molecule has 1 amide bonds. The number of nitrogens with one attached hydrogen (secondary N) is 1. The highest BCUT2D eigenvalue weighted by atomic mass is 32.2. The lowest BCUT2D eigenvalue weighted by Crippen LogP contribution is -2.13. The van der Waals surface area contributed by atoms with Crippen molar-refractivity contribution in [2.45, 2.75) is 17.6 Å². The Balaban J connectivity index is 1.85. The van der Waals surface area contributed by atoms with Crippen LogP contribution in [0.15, 0.2) is 58.1 Å². The maximum atomic E-state index is 12.6. The molecule has 132 valence electrons. The number of alkyl halides is 2. The molecule has 1 aromatic carbocycles. The van der Waals surface area contributed by atoms with E-state index in [-0.39, 0.29) is 17.0 Å². The lowest BCUT2D eigenvalue weighted by molar-refractivity contribution is 0.102. The molecule has 0 aliphatic rings. The van der Waals surface area contributed by atoms with Crippen molar-refractivity contribution >= 4 is 23.4 Å². The number of hydrogen-bond donors (Lipinski definition) is 1. The molecule has 0 saturated carbocycles. The number of hydrogen-bond acceptors (Lipinski definition) is 4. The van der Waals surface area contributed by atoms with Crippen LogP contribution in [0.4, 0.5) is 14.5 Å². The number of aryl methyl sites for hydroxylation is 1. The van der Waals surface area contributed by atoms with Gasteiger partial charge in [-0.2, -0.15) is 14.0 Å². The second-order valence-corrected chi connectivity index (χ2v) is 6.34. The SMILES string of the molecule is Cc1oc(-n2cccc2)c(C#N)c1C(=O)Nc1ccc(SC(F)F)cc1. The third-order valence-electron chi connectivity index (χ3n) is 3.58. The summed E-state index contributed by atoms with van der Waals surface area (Å²) in [6, 6.07) is 11.6. The fourth-order valence-corrected chi connectivity index (χ4v) is 2.97. The molecule has 5 nitrogen and oxygen atoms in total. The average Bonchev–Trinajstić information content (AvgIpc) is 3.23. The Morgan fingerprint density at radius 1 is 1.27 bits per heavy atom. The maximum Gasteiger partial charge on any atom is 0.288 e. The van der Waals surface area contributed by atoms with Gasteiger partial charge in [-0.15, -0.1) is 0 Å². The van der Waals surface area contributed by atoms with Crippen LogP contribution in [0.3, 0.4) is 0 Å². The number of carbonyl (C=O) groups excluding carboxylic acids is 1. The molecule has 2 heterocycles. The number of amides is 1. The van der Waals surface area contributed by atoms with Crippen LogP contribution in [-0.2, 0) is 0 Å². The maximum absolute atomic E-state index is 12.6. The summed E-state index contributed by atoms with van der Waals surface area (Å²) in [6.45, 7) is 1.60. The van der Waals surface area contributed by atoms with E-state index < -0.39 is 11.7 Å². The van der Waals surface area contributed by atoms with Gasteiger partial charge in [0, 0.05) is 23.0 Å². The third kappa shape index (κ3) is 3.63. The average molecular weight is 373 g/mol. The topological polar surface area (TPSA) is 71.0 Å². The summed E-state index contributed by atoms with van der Waals surface area (Å²) in [7, 11) is 0.